The molecule has 0 radical (unpaired) electrons. The molecule has 158 valence electrons. The Balaban J connectivity index is 1.55. The van der Waals surface area contributed by atoms with Gasteiger partial charge in [-0.3, -0.25) is 9.52 Å². The topological polar surface area (TPSA) is 111 Å². The number of hydrogen-bond donors (Lipinski definition) is 4. The van der Waals surface area contributed by atoms with Gasteiger partial charge in [-0.25, -0.2) is 17.2 Å². The second-order valence-corrected chi connectivity index (χ2v) is 8.35. The monoisotopic (exact) mass is 443 g/mol. The van der Waals surface area contributed by atoms with Crippen LogP contribution in [-0.4, -0.2) is 24.4 Å². The van der Waals surface area contributed by atoms with E-state index in [1.165, 1.54) is 6.07 Å². The molecule has 31 heavy (non-hydrogen) atoms. The van der Waals surface area contributed by atoms with Crippen LogP contribution in [-0.2, 0) is 10.0 Å². The van der Waals surface area contributed by atoms with E-state index in [0.29, 0.717) is 6.07 Å². The molecule has 10 heteroatoms. The van der Waals surface area contributed by atoms with Gasteiger partial charge in [-0.1, -0.05) is 18.2 Å². The summed E-state index contributed by atoms with van der Waals surface area (Å²) >= 11 is 0. The second-order valence-electron chi connectivity index (χ2n) is 6.67. The van der Waals surface area contributed by atoms with Crippen LogP contribution >= 0.6 is 0 Å². The number of sulfonamides is 1. The lowest BCUT2D eigenvalue weighted by Gasteiger charge is -2.11. The smallest absolute Gasteiger partial charge is 0.272 e. The molecule has 7 nitrogen and oxygen atoms in total. The molecule has 1 aromatic heterocycles. The number of fused-ring (bicyclic) bond motifs is 1. The Morgan fingerprint density at radius 1 is 0.935 bits per heavy atom. The Morgan fingerprint density at radius 3 is 2.32 bits per heavy atom. The molecular weight excluding hydrogens is 428 g/mol. The third kappa shape index (κ3) is 4.33. The molecule has 0 aliphatic heterocycles. The summed E-state index contributed by atoms with van der Waals surface area (Å²) < 4.78 is 53.6. The first-order chi connectivity index (χ1) is 14.7. The van der Waals surface area contributed by atoms with Crippen molar-refractivity contribution in [3.05, 3.63) is 84.1 Å². The highest BCUT2D eigenvalue weighted by Gasteiger charge is 2.19. The number of amides is 1. The second kappa shape index (κ2) is 7.73. The highest BCUT2D eigenvalue weighted by Crippen LogP contribution is 2.28. The number of carbonyl (C=O) groups is 1. The molecule has 3 aromatic carbocycles. The summed E-state index contributed by atoms with van der Waals surface area (Å²) in [6.45, 7) is 0. The van der Waals surface area contributed by atoms with Crippen LogP contribution in [0.1, 0.15) is 10.5 Å². The maximum atomic E-state index is 13.3. The number of benzene rings is 3. The number of carbonyl (C=O) groups excluding carboxylic acids is 1. The molecule has 4 aromatic rings. The summed E-state index contributed by atoms with van der Waals surface area (Å²) in [5.41, 5.74) is 0.692. The zero-order valence-electron chi connectivity index (χ0n) is 15.7. The van der Waals surface area contributed by atoms with Crippen LogP contribution in [0.4, 0.5) is 20.2 Å². The molecule has 4 N–H and O–H groups in total. The van der Waals surface area contributed by atoms with Crippen molar-refractivity contribution in [1.82, 2.24) is 4.98 Å². The lowest BCUT2D eigenvalue weighted by Crippen LogP contribution is -2.15. The Hall–Kier alpha value is -3.92. The summed E-state index contributed by atoms with van der Waals surface area (Å²) in [4.78, 5) is 15.1. The SMILES string of the molecule is O=C(Nc1ccc(S(=O)(=O)Nc2cc(F)cc(F)c2)cc1O)c1cc2ccccc2[nH]1. The molecular formula is C21H15F2N3O4S. The number of aromatic nitrogens is 1. The molecule has 0 saturated carbocycles. The van der Waals surface area contributed by atoms with Crippen LogP contribution in [0.25, 0.3) is 10.9 Å². The van der Waals surface area contributed by atoms with Gasteiger partial charge in [0.05, 0.1) is 16.3 Å². The quantitative estimate of drug-likeness (QED) is 0.346. The fourth-order valence-corrected chi connectivity index (χ4v) is 4.06. The Morgan fingerprint density at radius 2 is 1.65 bits per heavy atom. The third-order valence-electron chi connectivity index (χ3n) is 4.42. The largest absolute Gasteiger partial charge is 0.506 e. The first-order valence-electron chi connectivity index (χ1n) is 8.92. The number of aromatic hydroxyl groups is 1. The predicted octanol–water partition coefficient (Wildman–Crippen LogP) is 4.20. The van der Waals surface area contributed by atoms with Crippen molar-refractivity contribution in [3.63, 3.8) is 0 Å². The van der Waals surface area contributed by atoms with E-state index in [-0.39, 0.29) is 22.0 Å². The number of hydrogen-bond acceptors (Lipinski definition) is 4. The van der Waals surface area contributed by atoms with E-state index < -0.39 is 33.3 Å². The summed E-state index contributed by atoms with van der Waals surface area (Å²) in [6.07, 6.45) is 0. The van der Waals surface area contributed by atoms with Gasteiger partial charge in [0.25, 0.3) is 15.9 Å². The molecule has 0 aliphatic rings. The average Bonchev–Trinajstić information content (AvgIpc) is 3.12. The lowest BCUT2D eigenvalue weighted by molar-refractivity contribution is 0.102. The highest BCUT2D eigenvalue weighted by molar-refractivity contribution is 7.92. The van der Waals surface area contributed by atoms with E-state index in [4.69, 9.17) is 0 Å². The summed E-state index contributed by atoms with van der Waals surface area (Å²) in [5.74, 6) is -2.93. The van der Waals surface area contributed by atoms with Gasteiger partial charge in [0.15, 0.2) is 0 Å². The molecule has 0 saturated heterocycles. The fraction of sp³-hybridized carbons (Fsp3) is 0. The molecule has 0 fully saturated rings. The summed E-state index contributed by atoms with van der Waals surface area (Å²) in [5, 5.41) is 13.5. The number of para-hydroxylation sites is 1. The van der Waals surface area contributed by atoms with Crippen molar-refractivity contribution < 1.29 is 27.1 Å². The zero-order valence-corrected chi connectivity index (χ0v) is 16.5. The zero-order chi connectivity index (χ0) is 22.2. The maximum Gasteiger partial charge on any atom is 0.272 e. The van der Waals surface area contributed by atoms with Gasteiger partial charge in [-0.15, -0.1) is 0 Å². The van der Waals surface area contributed by atoms with E-state index in [1.807, 2.05) is 22.9 Å². The van der Waals surface area contributed by atoms with Gasteiger partial charge in [-0.2, -0.15) is 0 Å². The van der Waals surface area contributed by atoms with Gasteiger partial charge >= 0.3 is 0 Å². The van der Waals surface area contributed by atoms with Gasteiger partial charge in [0, 0.05) is 23.0 Å². The van der Waals surface area contributed by atoms with Crippen LogP contribution < -0.4 is 10.0 Å². The molecule has 4 rings (SSSR count). The Kier molecular flexibility index (Phi) is 5.07. The number of aromatic amines is 1. The lowest BCUT2D eigenvalue weighted by atomic mass is 10.2. The highest BCUT2D eigenvalue weighted by atomic mass is 32.2. The Bertz CT molecular complexity index is 1360. The van der Waals surface area contributed by atoms with Crippen LogP contribution in [0.2, 0.25) is 0 Å². The number of rotatable bonds is 5. The van der Waals surface area contributed by atoms with E-state index in [1.54, 1.807) is 12.1 Å². The molecule has 0 aliphatic carbocycles. The number of phenols is 1. The standard InChI is InChI=1S/C21H15F2N3O4S/c22-13-8-14(23)10-15(9-13)26-31(29,30)16-5-6-18(20(27)11-16)25-21(28)19-7-12-3-1-2-4-17(12)24-19/h1-11,24,26-27H,(H,25,28). The minimum Gasteiger partial charge on any atom is -0.506 e. The van der Waals surface area contributed by atoms with Crippen molar-refractivity contribution in [1.29, 1.82) is 0 Å². The number of H-pyrrole nitrogens is 1. The molecule has 0 bridgehead atoms. The van der Waals surface area contributed by atoms with E-state index in [0.717, 1.165) is 35.2 Å². The van der Waals surface area contributed by atoms with E-state index in [9.17, 15) is 27.1 Å². The molecule has 1 heterocycles. The van der Waals surface area contributed by atoms with E-state index in [2.05, 4.69) is 10.3 Å². The molecule has 0 unspecified atom stereocenters. The van der Waals surface area contributed by atoms with Gasteiger partial charge in [0.1, 0.15) is 23.1 Å². The minimum absolute atomic E-state index is 0.0144. The maximum absolute atomic E-state index is 13.3. The van der Waals surface area contributed by atoms with Crippen molar-refractivity contribution >= 4 is 38.2 Å². The molecule has 1 amide bonds. The van der Waals surface area contributed by atoms with Crippen molar-refractivity contribution in [2.45, 2.75) is 4.90 Å². The van der Waals surface area contributed by atoms with Crippen molar-refractivity contribution in [2.24, 2.45) is 0 Å². The van der Waals surface area contributed by atoms with Crippen LogP contribution in [0.5, 0.6) is 5.75 Å². The number of phenolic OH excluding ortho intramolecular Hbond substituents is 1. The van der Waals surface area contributed by atoms with Crippen LogP contribution in [0.15, 0.2) is 71.6 Å². The fourth-order valence-electron chi connectivity index (χ4n) is 3.00. The summed E-state index contributed by atoms with van der Waals surface area (Å²) in [6, 6.07) is 14.4. The first-order valence-corrected chi connectivity index (χ1v) is 10.4. The van der Waals surface area contributed by atoms with E-state index >= 15 is 0 Å². The summed E-state index contributed by atoms with van der Waals surface area (Å²) in [7, 11) is -4.25. The van der Waals surface area contributed by atoms with Crippen LogP contribution in [0, 0.1) is 11.6 Å². The molecule has 0 spiro atoms. The van der Waals surface area contributed by atoms with Gasteiger partial charge < -0.3 is 15.4 Å². The predicted molar refractivity (Wildman–Crippen MR) is 112 cm³/mol. The van der Waals surface area contributed by atoms with Crippen molar-refractivity contribution in [3.8, 4) is 5.75 Å². The number of halogens is 2. The average molecular weight is 443 g/mol. The minimum atomic E-state index is -4.25. The third-order valence-corrected chi connectivity index (χ3v) is 5.80. The van der Waals surface area contributed by atoms with Gasteiger partial charge in [-0.05, 0) is 36.4 Å². The Labute approximate surface area is 175 Å². The van der Waals surface area contributed by atoms with Crippen LogP contribution in [0.3, 0.4) is 0 Å². The number of nitrogens with one attached hydrogen (secondary N) is 3. The molecule has 0 atom stereocenters. The first kappa shape index (κ1) is 20.4. The number of anilines is 2. The van der Waals surface area contributed by atoms with Gasteiger partial charge in [0.2, 0.25) is 0 Å². The normalized spacial score (nSPS) is 11.4. The van der Waals surface area contributed by atoms with Crippen molar-refractivity contribution in [2.75, 3.05) is 10.0 Å².